The smallest absolute Gasteiger partial charge is 0.374 e. The van der Waals surface area contributed by atoms with Gasteiger partial charge < -0.3 is 14.4 Å². The molecule has 1 aromatic heterocycles. The molecule has 1 N–H and O–H groups in total. The molecule has 0 spiro atoms. The summed E-state index contributed by atoms with van der Waals surface area (Å²) in [5, 5.41) is 12.7. The second-order valence-electron chi connectivity index (χ2n) is 4.41. The summed E-state index contributed by atoms with van der Waals surface area (Å²) in [6.07, 6.45) is 0. The van der Waals surface area contributed by atoms with Gasteiger partial charge in [-0.1, -0.05) is 5.16 Å². The molecule has 0 atom stereocenters. The van der Waals surface area contributed by atoms with E-state index in [1.807, 2.05) is 26.8 Å². The Morgan fingerprint density at radius 1 is 1.26 bits per heavy atom. The Morgan fingerprint density at radius 3 is 2.47 bits per heavy atom. The van der Waals surface area contributed by atoms with Crippen LogP contribution in [-0.4, -0.2) is 23.3 Å². The molecule has 0 aliphatic heterocycles. The number of rotatable bonds is 3. The summed E-state index contributed by atoms with van der Waals surface area (Å²) in [7, 11) is 1.63. The molecular weight excluding hydrogens is 246 g/mol. The van der Waals surface area contributed by atoms with E-state index in [1.54, 1.807) is 7.11 Å². The number of aromatic nitrogens is 1. The van der Waals surface area contributed by atoms with Crippen molar-refractivity contribution >= 4 is 5.97 Å². The van der Waals surface area contributed by atoms with Gasteiger partial charge >= 0.3 is 5.97 Å². The molecule has 5 nitrogen and oxygen atoms in total. The number of nitrogens with zero attached hydrogens (tertiary/aromatic N) is 1. The molecule has 0 amide bonds. The number of benzene rings is 1. The molecule has 0 saturated carbocycles. The lowest BCUT2D eigenvalue weighted by molar-refractivity contribution is 0.0652. The number of ether oxygens (including phenoxy) is 1. The van der Waals surface area contributed by atoms with E-state index < -0.39 is 5.97 Å². The lowest BCUT2D eigenvalue weighted by Gasteiger charge is -2.14. The normalized spacial score (nSPS) is 10.5. The average molecular weight is 261 g/mol. The molecule has 2 rings (SSSR count). The highest BCUT2D eigenvalue weighted by Crippen LogP contribution is 2.33. The Bertz CT molecular complexity index is 643. The Labute approximate surface area is 110 Å². The Balaban J connectivity index is 2.59. The number of carbonyl (C=O) groups is 1. The van der Waals surface area contributed by atoms with E-state index in [0.29, 0.717) is 5.69 Å². The second-order valence-corrected chi connectivity index (χ2v) is 4.41. The van der Waals surface area contributed by atoms with E-state index in [-0.39, 0.29) is 5.76 Å². The third-order valence-electron chi connectivity index (χ3n) is 3.23. The van der Waals surface area contributed by atoms with Crippen LogP contribution in [0.3, 0.4) is 0 Å². The van der Waals surface area contributed by atoms with E-state index in [9.17, 15) is 4.79 Å². The molecule has 2 aromatic rings. The van der Waals surface area contributed by atoms with E-state index in [2.05, 4.69) is 5.16 Å². The maximum Gasteiger partial charge on any atom is 0.374 e. The van der Waals surface area contributed by atoms with Crippen molar-refractivity contribution < 1.29 is 19.2 Å². The predicted octanol–water partition coefficient (Wildman–Crippen LogP) is 2.97. The number of aryl methyl sites for hydroxylation is 1. The summed E-state index contributed by atoms with van der Waals surface area (Å²) >= 11 is 0. The monoisotopic (exact) mass is 261 g/mol. The van der Waals surface area contributed by atoms with Crippen molar-refractivity contribution in [2.24, 2.45) is 0 Å². The van der Waals surface area contributed by atoms with Gasteiger partial charge in [0.15, 0.2) is 0 Å². The number of carboxylic acids is 1. The molecule has 0 fully saturated rings. The molecular formula is C14H15NO4. The van der Waals surface area contributed by atoms with Crippen LogP contribution < -0.4 is 4.74 Å². The molecule has 19 heavy (non-hydrogen) atoms. The van der Waals surface area contributed by atoms with Gasteiger partial charge in [0, 0.05) is 11.6 Å². The highest BCUT2D eigenvalue weighted by atomic mass is 16.5. The molecule has 0 bridgehead atoms. The van der Waals surface area contributed by atoms with Crippen molar-refractivity contribution in [1.82, 2.24) is 5.16 Å². The fraction of sp³-hybridized carbons (Fsp3) is 0.286. The summed E-state index contributed by atoms with van der Waals surface area (Å²) in [6, 6.07) is 3.35. The van der Waals surface area contributed by atoms with Gasteiger partial charge in [0.1, 0.15) is 11.4 Å². The first-order chi connectivity index (χ1) is 8.95. The van der Waals surface area contributed by atoms with E-state index in [0.717, 1.165) is 28.0 Å². The fourth-order valence-electron chi connectivity index (χ4n) is 2.14. The zero-order valence-corrected chi connectivity index (χ0v) is 11.3. The van der Waals surface area contributed by atoms with Crippen molar-refractivity contribution in [3.63, 3.8) is 0 Å². The van der Waals surface area contributed by atoms with Crippen molar-refractivity contribution in [3.05, 3.63) is 34.6 Å². The number of carboxylic acid groups (broad SMARTS) is 1. The predicted molar refractivity (Wildman–Crippen MR) is 69.7 cm³/mol. The quantitative estimate of drug-likeness (QED) is 0.919. The lowest BCUT2D eigenvalue weighted by atomic mass is 9.96. The van der Waals surface area contributed by atoms with Gasteiger partial charge in [0.2, 0.25) is 5.76 Å². The SMILES string of the molecule is COc1c(C)cc(-c2cc(C(=O)O)on2)c(C)c1C. The first-order valence-electron chi connectivity index (χ1n) is 5.81. The minimum atomic E-state index is -1.13. The topological polar surface area (TPSA) is 72.6 Å². The molecule has 0 aliphatic rings. The van der Waals surface area contributed by atoms with Gasteiger partial charge in [0.25, 0.3) is 0 Å². The Morgan fingerprint density at radius 2 is 1.95 bits per heavy atom. The maximum absolute atomic E-state index is 10.8. The first kappa shape index (κ1) is 13.1. The second kappa shape index (κ2) is 4.76. The van der Waals surface area contributed by atoms with Crippen LogP contribution in [0.15, 0.2) is 16.7 Å². The van der Waals surface area contributed by atoms with Crippen LogP contribution in [0, 0.1) is 20.8 Å². The third-order valence-corrected chi connectivity index (χ3v) is 3.23. The summed E-state index contributed by atoms with van der Waals surface area (Å²) in [5.74, 6) is -0.456. The van der Waals surface area contributed by atoms with Crippen molar-refractivity contribution in [1.29, 1.82) is 0 Å². The van der Waals surface area contributed by atoms with Crippen molar-refractivity contribution in [3.8, 4) is 17.0 Å². The van der Waals surface area contributed by atoms with Gasteiger partial charge in [0.05, 0.1) is 7.11 Å². The third kappa shape index (κ3) is 2.19. The molecule has 0 saturated heterocycles. The van der Waals surface area contributed by atoms with Gasteiger partial charge in [-0.15, -0.1) is 0 Å². The lowest BCUT2D eigenvalue weighted by Crippen LogP contribution is -1.96. The molecule has 0 aliphatic carbocycles. The maximum atomic E-state index is 10.8. The minimum Gasteiger partial charge on any atom is -0.496 e. The van der Waals surface area contributed by atoms with Gasteiger partial charge in [-0.2, -0.15) is 0 Å². The van der Waals surface area contributed by atoms with Crippen LogP contribution >= 0.6 is 0 Å². The zero-order chi connectivity index (χ0) is 14.2. The number of aromatic carboxylic acids is 1. The molecule has 0 radical (unpaired) electrons. The zero-order valence-electron chi connectivity index (χ0n) is 11.3. The van der Waals surface area contributed by atoms with Gasteiger partial charge in [-0.3, -0.25) is 0 Å². The Kier molecular flexibility index (Phi) is 3.29. The molecule has 5 heteroatoms. The minimum absolute atomic E-state index is 0.166. The molecule has 1 aromatic carbocycles. The van der Waals surface area contributed by atoms with Crippen LogP contribution in [0.4, 0.5) is 0 Å². The van der Waals surface area contributed by atoms with E-state index in [1.165, 1.54) is 6.07 Å². The molecule has 0 unspecified atom stereocenters. The highest BCUT2D eigenvalue weighted by molar-refractivity contribution is 5.86. The molecule has 100 valence electrons. The van der Waals surface area contributed by atoms with Crippen LogP contribution in [0.5, 0.6) is 5.75 Å². The van der Waals surface area contributed by atoms with Crippen molar-refractivity contribution in [2.75, 3.05) is 7.11 Å². The van der Waals surface area contributed by atoms with Crippen LogP contribution in [0.2, 0.25) is 0 Å². The number of hydrogen-bond acceptors (Lipinski definition) is 4. The van der Waals surface area contributed by atoms with Crippen molar-refractivity contribution in [2.45, 2.75) is 20.8 Å². The van der Waals surface area contributed by atoms with E-state index in [4.69, 9.17) is 14.4 Å². The standard InChI is InChI=1S/C14H15NO4/c1-7-5-10(8(2)9(3)13(7)18-4)11-6-12(14(16)17)19-15-11/h5-6H,1-4H3,(H,16,17). The highest BCUT2D eigenvalue weighted by Gasteiger charge is 2.17. The summed E-state index contributed by atoms with van der Waals surface area (Å²) in [5.41, 5.74) is 4.35. The number of hydrogen-bond donors (Lipinski definition) is 1. The largest absolute Gasteiger partial charge is 0.496 e. The van der Waals surface area contributed by atoms with Crippen LogP contribution in [0.1, 0.15) is 27.2 Å². The van der Waals surface area contributed by atoms with Crippen LogP contribution in [-0.2, 0) is 0 Å². The fourth-order valence-corrected chi connectivity index (χ4v) is 2.14. The van der Waals surface area contributed by atoms with Gasteiger partial charge in [-0.05, 0) is 43.5 Å². The summed E-state index contributed by atoms with van der Waals surface area (Å²) in [6.45, 7) is 5.84. The molecule has 1 heterocycles. The first-order valence-corrected chi connectivity index (χ1v) is 5.81. The summed E-state index contributed by atoms with van der Waals surface area (Å²) in [4.78, 5) is 10.8. The summed E-state index contributed by atoms with van der Waals surface area (Å²) < 4.78 is 10.1. The van der Waals surface area contributed by atoms with E-state index >= 15 is 0 Å². The van der Waals surface area contributed by atoms with Gasteiger partial charge in [-0.25, -0.2) is 4.79 Å². The number of methoxy groups -OCH3 is 1. The van der Waals surface area contributed by atoms with Crippen LogP contribution in [0.25, 0.3) is 11.3 Å². The average Bonchev–Trinajstić information content (AvgIpc) is 2.84. The Hall–Kier alpha value is -2.30.